The lowest BCUT2D eigenvalue weighted by atomic mass is 9.98. The Morgan fingerprint density at radius 1 is 0.947 bits per heavy atom. The fraction of sp³-hybridized carbons (Fsp3) is 0.188. The predicted molar refractivity (Wildman–Crippen MR) is 70.3 cm³/mol. The van der Waals surface area contributed by atoms with Crippen LogP contribution in [0.25, 0.3) is 0 Å². The van der Waals surface area contributed by atoms with E-state index >= 15 is 0 Å². The first kappa shape index (κ1) is 13.4. The SMILES string of the molecule is Cc1ccccc1CC(=O)c1ccc(C)c(F)c1F. The Bertz CT molecular complexity index is 633. The third-order valence-electron chi connectivity index (χ3n) is 3.19. The van der Waals surface area contributed by atoms with Gasteiger partial charge in [0.15, 0.2) is 17.4 Å². The number of ketones is 1. The summed E-state index contributed by atoms with van der Waals surface area (Å²) in [5.41, 5.74) is 1.80. The summed E-state index contributed by atoms with van der Waals surface area (Å²) in [6, 6.07) is 10.2. The van der Waals surface area contributed by atoms with Gasteiger partial charge in [-0.05, 0) is 36.6 Å². The average Bonchev–Trinajstić information content (AvgIpc) is 2.39. The van der Waals surface area contributed by atoms with E-state index in [4.69, 9.17) is 0 Å². The van der Waals surface area contributed by atoms with E-state index in [1.165, 1.54) is 19.1 Å². The summed E-state index contributed by atoms with van der Waals surface area (Å²) in [6.07, 6.45) is 0.0755. The Kier molecular flexibility index (Phi) is 3.74. The molecule has 2 aromatic carbocycles. The monoisotopic (exact) mass is 260 g/mol. The van der Waals surface area contributed by atoms with Crippen molar-refractivity contribution in [1.29, 1.82) is 0 Å². The van der Waals surface area contributed by atoms with Crippen molar-refractivity contribution in [2.75, 3.05) is 0 Å². The minimum Gasteiger partial charge on any atom is -0.294 e. The van der Waals surface area contributed by atoms with Crippen LogP contribution in [0.1, 0.15) is 27.0 Å². The van der Waals surface area contributed by atoms with Gasteiger partial charge in [-0.15, -0.1) is 0 Å². The van der Waals surface area contributed by atoms with Crippen molar-refractivity contribution < 1.29 is 13.6 Å². The van der Waals surface area contributed by atoms with Crippen molar-refractivity contribution in [3.05, 3.63) is 70.3 Å². The van der Waals surface area contributed by atoms with Gasteiger partial charge in [0.2, 0.25) is 0 Å². The number of benzene rings is 2. The molecule has 0 fully saturated rings. The van der Waals surface area contributed by atoms with Crippen LogP contribution >= 0.6 is 0 Å². The summed E-state index contributed by atoms with van der Waals surface area (Å²) in [5, 5.41) is 0. The standard InChI is InChI=1S/C16H14F2O/c1-10-5-3-4-6-12(10)9-14(19)13-8-7-11(2)15(17)16(13)18/h3-8H,9H2,1-2H3. The first-order valence-corrected chi connectivity index (χ1v) is 6.03. The Morgan fingerprint density at radius 3 is 2.32 bits per heavy atom. The lowest BCUT2D eigenvalue weighted by Crippen LogP contribution is -2.09. The van der Waals surface area contributed by atoms with Crippen molar-refractivity contribution in [2.45, 2.75) is 20.3 Å². The predicted octanol–water partition coefficient (Wildman–Crippen LogP) is 4.01. The van der Waals surface area contributed by atoms with Gasteiger partial charge < -0.3 is 0 Å². The highest BCUT2D eigenvalue weighted by Gasteiger charge is 2.17. The summed E-state index contributed by atoms with van der Waals surface area (Å²) in [6.45, 7) is 3.35. The van der Waals surface area contributed by atoms with Crippen LogP contribution in [0.5, 0.6) is 0 Å². The van der Waals surface area contributed by atoms with Crippen LogP contribution in [0.15, 0.2) is 36.4 Å². The molecule has 19 heavy (non-hydrogen) atoms. The third kappa shape index (κ3) is 2.70. The quantitative estimate of drug-likeness (QED) is 0.762. The smallest absolute Gasteiger partial charge is 0.170 e. The van der Waals surface area contributed by atoms with E-state index in [-0.39, 0.29) is 17.5 Å². The van der Waals surface area contributed by atoms with Crippen molar-refractivity contribution in [1.82, 2.24) is 0 Å². The summed E-state index contributed by atoms with van der Waals surface area (Å²) in [4.78, 5) is 12.0. The average molecular weight is 260 g/mol. The summed E-state index contributed by atoms with van der Waals surface area (Å²) in [5.74, 6) is -2.42. The molecule has 0 bridgehead atoms. The molecule has 0 atom stereocenters. The van der Waals surface area contributed by atoms with E-state index in [1.807, 2.05) is 31.2 Å². The zero-order chi connectivity index (χ0) is 14.0. The molecule has 0 heterocycles. The topological polar surface area (TPSA) is 17.1 Å². The van der Waals surface area contributed by atoms with E-state index in [9.17, 15) is 13.6 Å². The Morgan fingerprint density at radius 2 is 1.63 bits per heavy atom. The van der Waals surface area contributed by atoms with E-state index in [0.29, 0.717) is 0 Å². The number of carbonyl (C=O) groups excluding carboxylic acids is 1. The molecule has 2 aromatic rings. The van der Waals surface area contributed by atoms with Crippen LogP contribution in [0.4, 0.5) is 8.78 Å². The normalized spacial score (nSPS) is 10.5. The van der Waals surface area contributed by atoms with Crippen LogP contribution in [0.3, 0.4) is 0 Å². The van der Waals surface area contributed by atoms with E-state index < -0.39 is 17.4 Å². The summed E-state index contributed by atoms with van der Waals surface area (Å²) in [7, 11) is 0. The molecule has 2 rings (SSSR count). The second kappa shape index (κ2) is 5.31. The van der Waals surface area contributed by atoms with Crippen LogP contribution in [0.2, 0.25) is 0 Å². The fourth-order valence-electron chi connectivity index (χ4n) is 1.94. The maximum Gasteiger partial charge on any atom is 0.170 e. The molecule has 98 valence electrons. The maximum atomic E-state index is 13.7. The molecule has 1 nitrogen and oxygen atoms in total. The van der Waals surface area contributed by atoms with E-state index in [2.05, 4.69) is 0 Å². The molecule has 0 aliphatic heterocycles. The van der Waals surface area contributed by atoms with Gasteiger partial charge in [-0.1, -0.05) is 30.3 Å². The highest BCUT2D eigenvalue weighted by Crippen LogP contribution is 2.18. The van der Waals surface area contributed by atoms with Gasteiger partial charge in [0, 0.05) is 6.42 Å². The molecule has 0 spiro atoms. The van der Waals surface area contributed by atoms with Crippen LogP contribution in [0, 0.1) is 25.5 Å². The number of Topliss-reactive ketones (excluding diaryl/α,β-unsaturated/α-hetero) is 1. The fourth-order valence-corrected chi connectivity index (χ4v) is 1.94. The van der Waals surface area contributed by atoms with Crippen molar-refractivity contribution >= 4 is 5.78 Å². The van der Waals surface area contributed by atoms with Gasteiger partial charge in [0.05, 0.1) is 5.56 Å². The van der Waals surface area contributed by atoms with Gasteiger partial charge in [-0.3, -0.25) is 4.79 Å². The summed E-state index contributed by atoms with van der Waals surface area (Å²) < 4.78 is 27.2. The Labute approximate surface area is 110 Å². The summed E-state index contributed by atoms with van der Waals surface area (Å²) >= 11 is 0. The first-order valence-electron chi connectivity index (χ1n) is 6.03. The highest BCUT2D eigenvalue weighted by molar-refractivity contribution is 5.98. The largest absolute Gasteiger partial charge is 0.294 e. The second-order valence-corrected chi connectivity index (χ2v) is 4.58. The maximum absolute atomic E-state index is 13.7. The zero-order valence-electron chi connectivity index (χ0n) is 10.8. The molecular formula is C16H14F2O. The van der Waals surface area contributed by atoms with Gasteiger partial charge in [-0.2, -0.15) is 0 Å². The van der Waals surface area contributed by atoms with Crippen LogP contribution < -0.4 is 0 Å². The van der Waals surface area contributed by atoms with Gasteiger partial charge >= 0.3 is 0 Å². The lowest BCUT2D eigenvalue weighted by molar-refractivity contribution is 0.0988. The lowest BCUT2D eigenvalue weighted by Gasteiger charge is -2.07. The van der Waals surface area contributed by atoms with Crippen molar-refractivity contribution in [3.63, 3.8) is 0 Å². The molecular weight excluding hydrogens is 246 g/mol. The molecule has 0 radical (unpaired) electrons. The molecule has 0 aliphatic rings. The number of hydrogen-bond acceptors (Lipinski definition) is 1. The first-order chi connectivity index (χ1) is 9.00. The Hall–Kier alpha value is -2.03. The van der Waals surface area contributed by atoms with Gasteiger partial charge in [-0.25, -0.2) is 8.78 Å². The molecule has 0 N–H and O–H groups in total. The van der Waals surface area contributed by atoms with Gasteiger partial charge in [0.1, 0.15) is 0 Å². The molecule has 0 amide bonds. The highest BCUT2D eigenvalue weighted by atomic mass is 19.2. The zero-order valence-corrected chi connectivity index (χ0v) is 10.8. The number of aryl methyl sites for hydroxylation is 2. The van der Waals surface area contributed by atoms with Crippen molar-refractivity contribution in [3.8, 4) is 0 Å². The molecule has 0 aromatic heterocycles. The second-order valence-electron chi connectivity index (χ2n) is 4.58. The molecule has 3 heteroatoms. The van der Waals surface area contributed by atoms with Crippen LogP contribution in [-0.4, -0.2) is 5.78 Å². The number of hydrogen-bond donors (Lipinski definition) is 0. The number of carbonyl (C=O) groups is 1. The third-order valence-corrected chi connectivity index (χ3v) is 3.19. The van der Waals surface area contributed by atoms with Gasteiger partial charge in [0.25, 0.3) is 0 Å². The molecule has 0 aliphatic carbocycles. The van der Waals surface area contributed by atoms with Crippen LogP contribution in [-0.2, 0) is 6.42 Å². The molecule has 0 unspecified atom stereocenters. The van der Waals surface area contributed by atoms with Crippen molar-refractivity contribution in [2.24, 2.45) is 0 Å². The Balaban J connectivity index is 2.31. The van der Waals surface area contributed by atoms with E-state index in [0.717, 1.165) is 11.1 Å². The molecule has 0 saturated carbocycles. The number of rotatable bonds is 3. The number of halogens is 2. The van der Waals surface area contributed by atoms with E-state index in [1.54, 1.807) is 0 Å². The molecule has 0 saturated heterocycles. The minimum atomic E-state index is -1.06. The minimum absolute atomic E-state index is 0.0755.